The van der Waals surface area contributed by atoms with E-state index in [9.17, 15) is 32.7 Å². The molecule has 0 bridgehead atoms. The van der Waals surface area contributed by atoms with Gasteiger partial charge in [0.25, 0.3) is 0 Å². The molecular formula is C33H38N6O8S. The van der Waals surface area contributed by atoms with Crippen molar-refractivity contribution < 1.29 is 36.9 Å². The number of hydrazine groups is 1. The standard InChI is InChI=1S/C33H38N6O8S/c1-4-17-37-22-30(40)38(23(2)39(37)33(44)35-20-25-9-6-5-7-10-25)29(19-24-13-15-28(16-14-24)47-48(34,45)46)31(41)36(3)21-26-11-8-12-27(18-26)32(42)43/h4-16,18,23,29H,1,17,19-22H2,2-3H3,(H,35,44)(H,42,43)(H2,34,45,46)/t23-,29-/m0/s1. The molecular weight excluding hydrogens is 640 g/mol. The molecule has 1 heterocycles. The lowest BCUT2D eigenvalue weighted by molar-refractivity contribution is -0.173. The molecule has 1 saturated heterocycles. The third kappa shape index (κ3) is 9.18. The van der Waals surface area contributed by atoms with Gasteiger partial charge in [-0.25, -0.2) is 19.6 Å². The topological polar surface area (TPSA) is 183 Å². The first-order chi connectivity index (χ1) is 22.8. The Labute approximate surface area is 279 Å². The number of nitrogens with two attached hydrogens (primary N) is 1. The Kier molecular flexibility index (Phi) is 11.5. The van der Waals surface area contributed by atoms with E-state index in [1.54, 1.807) is 49.3 Å². The molecule has 254 valence electrons. The lowest BCUT2D eigenvalue weighted by atomic mass is 10.0. The van der Waals surface area contributed by atoms with Crippen molar-refractivity contribution in [2.75, 3.05) is 20.1 Å². The Morgan fingerprint density at radius 2 is 1.73 bits per heavy atom. The van der Waals surface area contributed by atoms with Crippen LogP contribution in [0.15, 0.2) is 91.5 Å². The second-order valence-corrected chi connectivity index (χ2v) is 12.3. The molecule has 2 atom stereocenters. The summed E-state index contributed by atoms with van der Waals surface area (Å²) in [6.07, 6.45) is 0.634. The number of nitrogens with zero attached hydrogens (tertiary/aromatic N) is 4. The van der Waals surface area contributed by atoms with Crippen LogP contribution in [0.4, 0.5) is 4.79 Å². The Balaban J connectivity index is 1.67. The molecule has 1 aliphatic heterocycles. The summed E-state index contributed by atoms with van der Waals surface area (Å²) in [5.41, 5.74) is 2.05. The molecule has 1 fully saturated rings. The normalized spacial score (nSPS) is 15.8. The van der Waals surface area contributed by atoms with Crippen molar-refractivity contribution in [2.45, 2.75) is 38.6 Å². The molecule has 3 aromatic rings. The fourth-order valence-corrected chi connectivity index (χ4v) is 5.90. The first kappa shape index (κ1) is 35.6. The number of carboxylic acid groups (broad SMARTS) is 1. The molecule has 4 N–H and O–H groups in total. The molecule has 0 spiro atoms. The summed E-state index contributed by atoms with van der Waals surface area (Å²) >= 11 is 0. The van der Waals surface area contributed by atoms with E-state index in [-0.39, 0.29) is 43.9 Å². The molecule has 48 heavy (non-hydrogen) atoms. The predicted molar refractivity (Wildman–Crippen MR) is 176 cm³/mol. The van der Waals surface area contributed by atoms with Crippen molar-refractivity contribution in [2.24, 2.45) is 5.14 Å². The summed E-state index contributed by atoms with van der Waals surface area (Å²) in [4.78, 5) is 56.0. The van der Waals surface area contributed by atoms with Gasteiger partial charge in [-0.2, -0.15) is 13.6 Å². The summed E-state index contributed by atoms with van der Waals surface area (Å²) < 4.78 is 27.5. The number of benzene rings is 3. The fraction of sp³-hybridized carbons (Fsp3) is 0.273. The number of likely N-dealkylation sites (N-methyl/N-ethyl adjacent to an activating group) is 1. The third-order valence-electron chi connectivity index (χ3n) is 7.66. The molecule has 0 saturated carbocycles. The van der Waals surface area contributed by atoms with Crippen LogP contribution in [0.5, 0.6) is 5.75 Å². The van der Waals surface area contributed by atoms with Crippen molar-refractivity contribution in [1.29, 1.82) is 0 Å². The second-order valence-electron chi connectivity index (χ2n) is 11.2. The van der Waals surface area contributed by atoms with Crippen molar-refractivity contribution in [3.8, 4) is 5.75 Å². The maximum Gasteiger partial charge on any atom is 0.380 e. The van der Waals surface area contributed by atoms with E-state index in [4.69, 9.17) is 9.32 Å². The van der Waals surface area contributed by atoms with Gasteiger partial charge >= 0.3 is 22.3 Å². The maximum atomic E-state index is 14.3. The molecule has 1 aliphatic rings. The van der Waals surface area contributed by atoms with Crippen LogP contribution in [0.1, 0.15) is 34.0 Å². The van der Waals surface area contributed by atoms with E-state index < -0.39 is 46.3 Å². The first-order valence-corrected chi connectivity index (χ1v) is 16.4. The summed E-state index contributed by atoms with van der Waals surface area (Å²) in [6, 6.07) is 19.7. The predicted octanol–water partition coefficient (Wildman–Crippen LogP) is 2.34. The number of carbonyl (C=O) groups excluding carboxylic acids is 3. The molecule has 0 radical (unpaired) electrons. The van der Waals surface area contributed by atoms with E-state index >= 15 is 0 Å². The van der Waals surface area contributed by atoms with Crippen molar-refractivity contribution in [1.82, 2.24) is 25.1 Å². The summed E-state index contributed by atoms with van der Waals surface area (Å²) in [6.45, 7) is 5.65. The zero-order chi connectivity index (χ0) is 35.0. The third-order valence-corrected chi connectivity index (χ3v) is 8.08. The molecule has 4 rings (SSSR count). The number of hydrogen-bond acceptors (Lipinski definition) is 8. The van der Waals surface area contributed by atoms with E-state index in [0.717, 1.165) is 5.56 Å². The number of hydrogen-bond donors (Lipinski definition) is 3. The van der Waals surface area contributed by atoms with Crippen LogP contribution >= 0.6 is 0 Å². The summed E-state index contributed by atoms with van der Waals surface area (Å²) in [5, 5.41) is 20.2. The van der Waals surface area contributed by atoms with Crippen LogP contribution in [0, 0.1) is 0 Å². The second kappa shape index (κ2) is 15.6. The molecule has 14 nitrogen and oxygen atoms in total. The number of aromatic carboxylic acids is 1. The molecule has 0 aromatic heterocycles. The maximum absolute atomic E-state index is 14.3. The Morgan fingerprint density at radius 3 is 2.35 bits per heavy atom. The fourth-order valence-electron chi connectivity index (χ4n) is 5.52. The number of nitrogens with one attached hydrogen (secondary N) is 1. The minimum absolute atomic E-state index is 0.00892. The lowest BCUT2D eigenvalue weighted by Crippen LogP contribution is -2.70. The van der Waals surface area contributed by atoms with E-state index in [0.29, 0.717) is 11.1 Å². The largest absolute Gasteiger partial charge is 0.478 e. The van der Waals surface area contributed by atoms with Gasteiger partial charge in [0.1, 0.15) is 18.0 Å². The van der Waals surface area contributed by atoms with Gasteiger partial charge in [0.15, 0.2) is 0 Å². The van der Waals surface area contributed by atoms with Gasteiger partial charge in [0.05, 0.1) is 12.1 Å². The highest BCUT2D eigenvalue weighted by Gasteiger charge is 2.44. The first-order valence-electron chi connectivity index (χ1n) is 14.9. The summed E-state index contributed by atoms with van der Waals surface area (Å²) in [7, 11) is -2.72. The van der Waals surface area contributed by atoms with Crippen molar-refractivity contribution >= 4 is 34.1 Å². The molecule has 4 amide bonds. The van der Waals surface area contributed by atoms with Crippen LogP contribution in [0.3, 0.4) is 0 Å². The van der Waals surface area contributed by atoms with E-state index in [2.05, 4.69) is 11.9 Å². The van der Waals surface area contributed by atoms with Crippen molar-refractivity contribution in [3.63, 3.8) is 0 Å². The average Bonchev–Trinajstić information content (AvgIpc) is 3.03. The van der Waals surface area contributed by atoms with Crippen LogP contribution < -0.4 is 14.6 Å². The minimum atomic E-state index is -4.26. The van der Waals surface area contributed by atoms with Crippen LogP contribution in [-0.2, 0) is 39.4 Å². The molecule has 0 aliphatic carbocycles. The van der Waals surface area contributed by atoms with Crippen molar-refractivity contribution in [3.05, 3.63) is 114 Å². The number of urea groups is 1. The quantitative estimate of drug-likeness (QED) is 0.229. The van der Waals surface area contributed by atoms with Gasteiger partial charge in [0, 0.05) is 33.1 Å². The lowest BCUT2D eigenvalue weighted by Gasteiger charge is -2.50. The van der Waals surface area contributed by atoms with E-state index in [1.807, 2.05) is 30.3 Å². The highest BCUT2D eigenvalue weighted by atomic mass is 32.2. The number of rotatable bonds is 13. The number of carboxylic acids is 1. The van der Waals surface area contributed by atoms with E-state index in [1.165, 1.54) is 39.1 Å². The zero-order valence-electron chi connectivity index (χ0n) is 26.6. The van der Waals surface area contributed by atoms with Gasteiger partial charge < -0.3 is 24.4 Å². The number of amides is 4. The van der Waals surface area contributed by atoms with Gasteiger partial charge in [-0.1, -0.05) is 60.7 Å². The highest BCUT2D eigenvalue weighted by molar-refractivity contribution is 7.84. The minimum Gasteiger partial charge on any atom is -0.478 e. The Hall–Kier alpha value is -5.25. The van der Waals surface area contributed by atoms with Crippen LogP contribution in [-0.4, -0.2) is 89.5 Å². The Morgan fingerprint density at radius 1 is 1.06 bits per heavy atom. The smallest absolute Gasteiger partial charge is 0.380 e. The van der Waals surface area contributed by atoms with Gasteiger partial charge in [-0.15, -0.1) is 6.58 Å². The Bertz CT molecular complexity index is 1750. The van der Waals surface area contributed by atoms with Crippen LogP contribution in [0.2, 0.25) is 0 Å². The van der Waals surface area contributed by atoms with Gasteiger partial charge in [-0.3, -0.25) is 9.59 Å². The van der Waals surface area contributed by atoms with Gasteiger partial charge in [0.2, 0.25) is 11.8 Å². The highest BCUT2D eigenvalue weighted by Crippen LogP contribution is 2.25. The molecule has 3 aromatic carbocycles. The molecule has 0 unspecified atom stereocenters. The molecule has 15 heteroatoms. The van der Waals surface area contributed by atoms with Gasteiger partial charge in [-0.05, 0) is 47.9 Å². The van der Waals surface area contributed by atoms with Crippen LogP contribution in [0.25, 0.3) is 0 Å². The number of carbonyl (C=O) groups is 4. The SMILES string of the molecule is C=CCN1CC(=O)N([C@@H](Cc2ccc(OS(N)(=O)=O)cc2)C(=O)N(C)Cc2cccc(C(=O)O)c2)[C@H](C)N1C(=O)NCc1ccccc1. The zero-order valence-corrected chi connectivity index (χ0v) is 27.4. The average molecular weight is 679 g/mol. The summed E-state index contributed by atoms with van der Waals surface area (Å²) in [5.74, 6) is -2.03. The monoisotopic (exact) mass is 678 g/mol.